The Kier molecular flexibility index (Phi) is 8.23. The van der Waals surface area contributed by atoms with Crippen LogP contribution in [0.3, 0.4) is 0 Å². The van der Waals surface area contributed by atoms with Crippen molar-refractivity contribution in [2.45, 2.75) is 17.9 Å². The van der Waals surface area contributed by atoms with Gasteiger partial charge in [0.15, 0.2) is 0 Å². The monoisotopic (exact) mass is 387 g/mol. The third-order valence-corrected chi connectivity index (χ3v) is 4.73. The van der Waals surface area contributed by atoms with E-state index in [4.69, 9.17) is 14.6 Å². The number of thioether (sulfide) groups is 1. The highest BCUT2D eigenvalue weighted by atomic mass is 32.2. The molecular formula is C21H25NO4S. The number of hydrogen-bond acceptors (Lipinski definition) is 5. The van der Waals surface area contributed by atoms with E-state index in [0.29, 0.717) is 11.4 Å². The molecule has 2 N–H and O–H groups in total. The van der Waals surface area contributed by atoms with Crippen molar-refractivity contribution in [1.29, 1.82) is 0 Å². The number of amides is 1. The third kappa shape index (κ3) is 6.34. The first kappa shape index (κ1) is 20.9. The predicted octanol–water partition coefficient (Wildman–Crippen LogP) is 4.89. The lowest BCUT2D eigenvalue weighted by Crippen LogP contribution is -2.21. The normalized spacial score (nSPS) is 12.7. The largest absolute Gasteiger partial charge is 0.491 e. The summed E-state index contributed by atoms with van der Waals surface area (Å²) in [4.78, 5) is 13.5. The molecule has 0 fully saturated rings. The Bertz CT molecular complexity index is 731. The Morgan fingerprint density at radius 1 is 1.22 bits per heavy atom. The van der Waals surface area contributed by atoms with Crippen molar-refractivity contribution in [3.63, 3.8) is 0 Å². The molecule has 0 aliphatic rings. The molecule has 6 heteroatoms. The molecule has 2 atom stereocenters. The zero-order valence-electron chi connectivity index (χ0n) is 15.6. The van der Waals surface area contributed by atoms with Crippen molar-refractivity contribution in [3.05, 3.63) is 66.7 Å². The van der Waals surface area contributed by atoms with E-state index in [0.717, 1.165) is 10.5 Å². The summed E-state index contributed by atoms with van der Waals surface area (Å²) in [6.45, 7) is 5.94. The Balaban J connectivity index is 2.06. The van der Waals surface area contributed by atoms with Gasteiger partial charge in [0.1, 0.15) is 18.5 Å². The second-order valence-electron chi connectivity index (χ2n) is 5.92. The zero-order valence-corrected chi connectivity index (χ0v) is 16.4. The number of aliphatic hydroxyl groups is 1. The van der Waals surface area contributed by atoms with E-state index in [2.05, 4.69) is 11.9 Å². The minimum absolute atomic E-state index is 0.0426. The van der Waals surface area contributed by atoms with E-state index in [-0.39, 0.29) is 19.1 Å². The molecule has 0 radical (unpaired) electrons. The van der Waals surface area contributed by atoms with Gasteiger partial charge in [0.2, 0.25) is 0 Å². The van der Waals surface area contributed by atoms with Crippen LogP contribution in [0, 0.1) is 5.92 Å². The second-order valence-corrected chi connectivity index (χ2v) is 6.79. The number of benzene rings is 2. The van der Waals surface area contributed by atoms with Crippen LogP contribution in [0.2, 0.25) is 0 Å². The first-order valence-corrected chi connectivity index (χ1v) is 9.87. The van der Waals surface area contributed by atoms with Crippen LogP contribution in [0.1, 0.15) is 18.6 Å². The van der Waals surface area contributed by atoms with Gasteiger partial charge in [-0.3, -0.25) is 5.32 Å². The van der Waals surface area contributed by atoms with Crippen molar-refractivity contribution >= 4 is 23.5 Å². The lowest BCUT2D eigenvalue weighted by atomic mass is 9.97. The van der Waals surface area contributed by atoms with E-state index in [1.54, 1.807) is 30.0 Å². The van der Waals surface area contributed by atoms with Gasteiger partial charge in [-0.05, 0) is 48.2 Å². The summed E-state index contributed by atoms with van der Waals surface area (Å²) in [5.41, 5.74) is 1.52. The fourth-order valence-electron chi connectivity index (χ4n) is 2.46. The Morgan fingerprint density at radius 2 is 1.89 bits per heavy atom. The van der Waals surface area contributed by atoms with Crippen LogP contribution in [0.15, 0.2) is 66.1 Å². The molecule has 5 nitrogen and oxygen atoms in total. The maximum atomic E-state index is 12.4. The van der Waals surface area contributed by atoms with Gasteiger partial charge in [0, 0.05) is 16.5 Å². The minimum Gasteiger partial charge on any atom is -0.491 e. The number of nitrogens with one attached hydrogen (secondary N) is 1. The van der Waals surface area contributed by atoms with Crippen LogP contribution in [0.4, 0.5) is 10.5 Å². The first-order valence-electron chi connectivity index (χ1n) is 8.65. The smallest absolute Gasteiger partial charge is 0.412 e. The Morgan fingerprint density at radius 3 is 2.44 bits per heavy atom. The maximum Gasteiger partial charge on any atom is 0.412 e. The summed E-state index contributed by atoms with van der Waals surface area (Å²) < 4.78 is 11.0. The topological polar surface area (TPSA) is 67.8 Å². The summed E-state index contributed by atoms with van der Waals surface area (Å²) in [6.07, 6.45) is 2.76. The van der Waals surface area contributed by atoms with Gasteiger partial charge in [0.05, 0.1) is 6.61 Å². The molecule has 0 bridgehead atoms. The summed E-state index contributed by atoms with van der Waals surface area (Å²) in [7, 11) is 0. The van der Waals surface area contributed by atoms with Crippen molar-refractivity contribution in [3.8, 4) is 5.75 Å². The number of ether oxygens (including phenoxy) is 2. The molecule has 0 aliphatic carbocycles. The SMILES string of the molecule is C=C[C@H](C)[C@H](OC(=O)Nc1ccc(SC)cc1)c1ccc(OCCO)cc1. The third-order valence-electron chi connectivity index (χ3n) is 3.99. The fraction of sp³-hybridized carbons (Fsp3) is 0.286. The van der Waals surface area contributed by atoms with Crippen molar-refractivity contribution in [2.75, 3.05) is 24.8 Å². The summed E-state index contributed by atoms with van der Waals surface area (Å²) in [6, 6.07) is 14.8. The highest BCUT2D eigenvalue weighted by molar-refractivity contribution is 7.98. The molecule has 0 aromatic heterocycles. The minimum atomic E-state index is -0.522. The van der Waals surface area contributed by atoms with Gasteiger partial charge >= 0.3 is 6.09 Å². The van der Waals surface area contributed by atoms with Gasteiger partial charge in [-0.2, -0.15) is 0 Å². The first-order chi connectivity index (χ1) is 13.1. The van der Waals surface area contributed by atoms with Crippen LogP contribution < -0.4 is 10.1 Å². The van der Waals surface area contributed by atoms with Crippen LogP contribution in [-0.4, -0.2) is 30.7 Å². The van der Waals surface area contributed by atoms with Crippen LogP contribution in [-0.2, 0) is 4.74 Å². The van der Waals surface area contributed by atoms with Crippen LogP contribution in [0.25, 0.3) is 0 Å². The lowest BCUT2D eigenvalue weighted by molar-refractivity contribution is 0.0897. The van der Waals surface area contributed by atoms with Gasteiger partial charge in [-0.1, -0.05) is 25.1 Å². The highest BCUT2D eigenvalue weighted by Crippen LogP contribution is 2.29. The number of aliphatic hydroxyl groups excluding tert-OH is 1. The summed E-state index contributed by atoms with van der Waals surface area (Å²) >= 11 is 1.64. The average molecular weight is 388 g/mol. The van der Waals surface area contributed by atoms with Crippen LogP contribution >= 0.6 is 11.8 Å². The molecule has 0 aliphatic heterocycles. The number of carbonyl (C=O) groups is 1. The predicted molar refractivity (Wildman–Crippen MR) is 109 cm³/mol. The Hall–Kier alpha value is -2.44. The average Bonchev–Trinajstić information content (AvgIpc) is 2.71. The molecule has 2 aromatic rings. The van der Waals surface area contributed by atoms with E-state index >= 15 is 0 Å². The molecule has 27 heavy (non-hydrogen) atoms. The van der Waals surface area contributed by atoms with Crippen molar-refractivity contribution in [1.82, 2.24) is 0 Å². The molecule has 1 amide bonds. The standard InChI is InChI=1S/C21H25NO4S/c1-4-15(2)20(16-5-9-18(10-6-16)25-14-13-23)26-21(24)22-17-7-11-19(27-3)12-8-17/h4-12,15,20,23H,1,13-14H2,2-3H3,(H,22,24)/t15-,20-/m0/s1. The fourth-order valence-corrected chi connectivity index (χ4v) is 2.86. The van der Waals surface area contributed by atoms with E-state index in [9.17, 15) is 4.79 Å². The molecule has 0 saturated carbocycles. The Labute approximate surface area is 164 Å². The molecule has 0 heterocycles. The van der Waals surface area contributed by atoms with E-state index < -0.39 is 12.2 Å². The highest BCUT2D eigenvalue weighted by Gasteiger charge is 2.22. The lowest BCUT2D eigenvalue weighted by Gasteiger charge is -2.23. The van der Waals surface area contributed by atoms with Gasteiger partial charge < -0.3 is 14.6 Å². The maximum absolute atomic E-state index is 12.4. The van der Waals surface area contributed by atoms with E-state index in [1.165, 1.54) is 0 Å². The number of rotatable bonds is 9. The van der Waals surface area contributed by atoms with E-state index in [1.807, 2.05) is 49.6 Å². The molecule has 2 rings (SSSR count). The number of anilines is 1. The molecular weight excluding hydrogens is 362 g/mol. The molecule has 2 aromatic carbocycles. The van der Waals surface area contributed by atoms with Gasteiger partial charge in [-0.25, -0.2) is 4.79 Å². The zero-order chi connectivity index (χ0) is 19.6. The van der Waals surface area contributed by atoms with Crippen molar-refractivity contribution in [2.24, 2.45) is 5.92 Å². The van der Waals surface area contributed by atoms with Gasteiger partial charge in [-0.15, -0.1) is 18.3 Å². The van der Waals surface area contributed by atoms with Crippen LogP contribution in [0.5, 0.6) is 5.75 Å². The molecule has 0 spiro atoms. The van der Waals surface area contributed by atoms with Gasteiger partial charge in [0.25, 0.3) is 0 Å². The molecule has 0 unspecified atom stereocenters. The van der Waals surface area contributed by atoms with Crippen molar-refractivity contribution < 1.29 is 19.4 Å². The quantitative estimate of drug-likeness (QED) is 0.474. The number of carbonyl (C=O) groups excluding carboxylic acids is 1. The summed E-state index contributed by atoms with van der Waals surface area (Å²) in [5, 5.41) is 11.6. The second kappa shape index (κ2) is 10.6. The molecule has 0 saturated heterocycles. The molecule has 144 valence electrons. The number of hydrogen-bond donors (Lipinski definition) is 2. The summed E-state index contributed by atoms with van der Waals surface area (Å²) in [5.74, 6) is 0.579.